The van der Waals surface area contributed by atoms with E-state index >= 15 is 0 Å². The van der Waals surface area contributed by atoms with Crippen molar-refractivity contribution in [1.29, 1.82) is 0 Å². The van der Waals surface area contributed by atoms with E-state index in [0.29, 0.717) is 17.5 Å². The summed E-state index contributed by atoms with van der Waals surface area (Å²) in [5, 5.41) is 11.4. The molecule has 0 fully saturated rings. The van der Waals surface area contributed by atoms with Crippen LogP contribution in [0.15, 0.2) is 82.9 Å². The van der Waals surface area contributed by atoms with Gasteiger partial charge in [0, 0.05) is 48.4 Å². The minimum absolute atomic E-state index is 0. The third-order valence-corrected chi connectivity index (χ3v) is 9.96. The summed E-state index contributed by atoms with van der Waals surface area (Å²) in [5.74, 6) is 2.22. The molecule has 1 radical (unpaired) electrons. The Labute approximate surface area is 324 Å². The van der Waals surface area contributed by atoms with Gasteiger partial charge in [-0.3, -0.25) is 9.78 Å². The zero-order chi connectivity index (χ0) is 36.8. The van der Waals surface area contributed by atoms with Gasteiger partial charge >= 0.3 is 0 Å². The fourth-order valence-corrected chi connectivity index (χ4v) is 6.97. The number of hydrogen-bond donors (Lipinski definition) is 0. The van der Waals surface area contributed by atoms with E-state index in [0.717, 1.165) is 75.6 Å². The molecule has 0 unspecified atom stereocenters. The van der Waals surface area contributed by atoms with Crippen LogP contribution in [0.1, 0.15) is 118 Å². The van der Waals surface area contributed by atoms with Crippen LogP contribution in [0.4, 0.5) is 0 Å². The molecule has 52 heavy (non-hydrogen) atoms. The second kappa shape index (κ2) is 18.3. The summed E-state index contributed by atoms with van der Waals surface area (Å²) in [4.78, 5) is 22.1. The van der Waals surface area contributed by atoms with Crippen LogP contribution in [0.25, 0.3) is 60.2 Å². The van der Waals surface area contributed by atoms with Crippen molar-refractivity contribution in [3.8, 4) is 11.3 Å². The number of fused-ring (bicyclic) bond motifs is 5. The number of nitrogens with zero attached hydrogens (tertiary/aromatic N) is 3. The smallest absolute Gasteiger partial charge is 0.221 e. The minimum atomic E-state index is 0. The Kier molecular flexibility index (Phi) is 14.4. The summed E-state index contributed by atoms with van der Waals surface area (Å²) in [6, 6.07) is 27.2. The molecule has 0 bridgehead atoms. The third kappa shape index (κ3) is 8.84. The summed E-state index contributed by atoms with van der Waals surface area (Å²) in [6.07, 6.45) is 5.76. The van der Waals surface area contributed by atoms with Crippen molar-refractivity contribution in [3.63, 3.8) is 0 Å². The molecule has 0 saturated carbocycles. The first-order chi connectivity index (χ1) is 24.5. The fourth-order valence-electron chi connectivity index (χ4n) is 6.97. The molecule has 0 aliphatic heterocycles. The molecule has 0 saturated heterocycles. The van der Waals surface area contributed by atoms with Crippen molar-refractivity contribution in [2.75, 3.05) is 0 Å². The van der Waals surface area contributed by atoms with Crippen LogP contribution >= 0.6 is 0 Å². The molecule has 5 nitrogen and oxygen atoms in total. The van der Waals surface area contributed by atoms with E-state index in [1.54, 1.807) is 0 Å². The van der Waals surface area contributed by atoms with Crippen LogP contribution in [0.5, 0.6) is 0 Å². The van der Waals surface area contributed by atoms with E-state index in [9.17, 15) is 4.79 Å². The quantitative estimate of drug-likeness (QED) is 0.0907. The van der Waals surface area contributed by atoms with Crippen LogP contribution in [0, 0.1) is 17.9 Å². The molecule has 0 aliphatic carbocycles. The number of carbonyl (C=O) groups is 1. The van der Waals surface area contributed by atoms with Gasteiger partial charge < -0.3 is 9.73 Å². The van der Waals surface area contributed by atoms with Crippen molar-refractivity contribution in [2.45, 2.75) is 113 Å². The summed E-state index contributed by atoms with van der Waals surface area (Å²) in [5.41, 5.74) is 5.67. The maximum atomic E-state index is 12.2. The van der Waals surface area contributed by atoms with E-state index in [4.69, 9.17) is 14.4 Å². The zero-order valence-corrected chi connectivity index (χ0v) is 35.0. The van der Waals surface area contributed by atoms with Crippen molar-refractivity contribution in [3.05, 3.63) is 101 Å². The van der Waals surface area contributed by atoms with Gasteiger partial charge in [-0.25, -0.2) is 0 Å². The maximum Gasteiger partial charge on any atom is 0.221 e. The predicted molar refractivity (Wildman–Crippen MR) is 217 cm³/mol. The second-order valence-electron chi connectivity index (χ2n) is 14.6. The molecule has 0 amide bonds. The molecule has 6 heteroatoms. The van der Waals surface area contributed by atoms with Gasteiger partial charge in [0.15, 0.2) is 5.78 Å². The maximum absolute atomic E-state index is 12.2. The first-order valence-corrected chi connectivity index (χ1v) is 19.0. The van der Waals surface area contributed by atoms with Crippen molar-refractivity contribution in [1.82, 2.24) is 9.97 Å². The van der Waals surface area contributed by atoms with Gasteiger partial charge in [0.25, 0.3) is 0 Å². The monoisotopic (exact) mass is 874 g/mol. The molecule has 0 spiro atoms. The van der Waals surface area contributed by atoms with Crippen molar-refractivity contribution < 1.29 is 29.3 Å². The van der Waals surface area contributed by atoms with Crippen molar-refractivity contribution in [2.24, 2.45) is 11.8 Å². The number of rotatable bonds is 12. The van der Waals surface area contributed by atoms with Gasteiger partial charge in [0.05, 0.1) is 0 Å². The Bertz CT molecular complexity index is 2150. The van der Waals surface area contributed by atoms with Crippen LogP contribution < -0.4 is 0 Å². The molecule has 2 aromatic heterocycles. The molecule has 4 aromatic carbocycles. The Morgan fingerprint density at radius 3 is 1.94 bits per heavy atom. The average Bonchev–Trinajstić information content (AvgIpc) is 3.48. The number of allylic oxidation sites excluding steroid dienone is 2. The van der Waals surface area contributed by atoms with E-state index in [1.165, 1.54) is 16.3 Å². The van der Waals surface area contributed by atoms with E-state index in [2.05, 4.69) is 147 Å². The molecule has 277 valence electrons. The Hall–Kier alpha value is -3.86. The number of furan rings is 1. The SMILES string of the molecule is CC(C)c1nc(-c2[c-]cc(C(C)C)c3ccccc23)c2c(n1)oc1cc3ccccc3cc12.CCC(CC)C(=O)/C=C(\[N-]C(C)C)C(CC)CC.[Ir]. The van der Waals surface area contributed by atoms with Gasteiger partial charge in [0.2, 0.25) is 5.71 Å². The van der Waals surface area contributed by atoms with E-state index in [1.807, 2.05) is 6.08 Å². The molecule has 2 heterocycles. The zero-order valence-electron chi connectivity index (χ0n) is 32.6. The number of aromatic nitrogens is 2. The van der Waals surface area contributed by atoms with Gasteiger partial charge in [-0.1, -0.05) is 147 Å². The number of benzene rings is 4. The Morgan fingerprint density at radius 2 is 1.37 bits per heavy atom. The molecular formula is C46H55IrN3O2-2. The van der Waals surface area contributed by atoms with E-state index < -0.39 is 0 Å². The van der Waals surface area contributed by atoms with Gasteiger partial charge in [0.1, 0.15) is 11.4 Å². The predicted octanol–water partition coefficient (Wildman–Crippen LogP) is 13.5. The van der Waals surface area contributed by atoms with Gasteiger partial charge in [-0.2, -0.15) is 10.7 Å². The van der Waals surface area contributed by atoms with Crippen LogP contribution in [0.2, 0.25) is 0 Å². The molecule has 0 atom stereocenters. The normalized spacial score (nSPS) is 12.1. The Morgan fingerprint density at radius 1 is 0.769 bits per heavy atom. The first kappa shape index (κ1) is 40.9. The van der Waals surface area contributed by atoms with E-state index in [-0.39, 0.29) is 43.8 Å². The minimum Gasteiger partial charge on any atom is -0.685 e. The molecule has 0 aliphatic rings. The standard InChI is InChI=1S/C30H25N2O.C16H31NO.Ir/c1-17(2)21-13-14-24(23-12-8-7-11-22(21)23)28-27-25-15-19-9-5-6-10-20(19)16-26(25)33-30(27)32-29(31-28)18(3)4;1-7-13(8-2)15(17-12(5)6)11-16(18)14(9-3)10-4;/h5-13,15-18H,1-4H3;11-14H,7-10H2,1-6H3,(H,17,18);/q-1;;/p-1. The van der Waals surface area contributed by atoms with Crippen molar-refractivity contribution >= 4 is 49.4 Å². The van der Waals surface area contributed by atoms with Gasteiger partial charge in [-0.05, 0) is 47.7 Å². The molecular weight excluding hydrogens is 819 g/mol. The largest absolute Gasteiger partial charge is 0.685 e. The van der Waals surface area contributed by atoms with Crippen LogP contribution in [-0.2, 0) is 24.9 Å². The first-order valence-electron chi connectivity index (χ1n) is 19.0. The molecule has 6 aromatic rings. The topological polar surface area (TPSA) is 70.1 Å². The molecule has 6 rings (SSSR count). The molecule has 0 N–H and O–H groups in total. The summed E-state index contributed by atoms with van der Waals surface area (Å²) < 4.78 is 6.32. The average molecular weight is 874 g/mol. The fraction of sp³-hybridized carbons (Fsp3) is 0.413. The second-order valence-corrected chi connectivity index (χ2v) is 14.6. The Balaban J connectivity index is 0.000000275. The number of hydrogen-bond acceptors (Lipinski definition) is 4. The summed E-state index contributed by atoms with van der Waals surface area (Å²) in [6.45, 7) is 21.3. The summed E-state index contributed by atoms with van der Waals surface area (Å²) >= 11 is 0. The van der Waals surface area contributed by atoms with Gasteiger partial charge in [-0.15, -0.1) is 29.3 Å². The third-order valence-electron chi connectivity index (χ3n) is 9.96. The summed E-state index contributed by atoms with van der Waals surface area (Å²) in [7, 11) is 0. The number of ketones is 1. The van der Waals surface area contributed by atoms with Crippen LogP contribution in [0.3, 0.4) is 0 Å². The van der Waals surface area contributed by atoms with Crippen LogP contribution in [-0.4, -0.2) is 21.8 Å². The number of carbonyl (C=O) groups excluding carboxylic acids is 1.